The lowest BCUT2D eigenvalue weighted by Gasteiger charge is -2.18. The Morgan fingerprint density at radius 1 is 1.41 bits per heavy atom. The third-order valence-corrected chi connectivity index (χ3v) is 4.41. The van der Waals surface area contributed by atoms with Crippen LogP contribution in [-0.2, 0) is 13.1 Å². The second-order valence-corrected chi connectivity index (χ2v) is 6.48. The predicted octanol–water partition coefficient (Wildman–Crippen LogP) is 1.67. The molecule has 1 N–H and O–H groups in total. The third-order valence-electron chi connectivity index (χ3n) is 3.75. The molecule has 2 heterocycles. The zero-order valence-corrected chi connectivity index (χ0v) is 13.6. The maximum Gasteiger partial charge on any atom is 0.269 e. The minimum absolute atomic E-state index is 0.143. The van der Waals surface area contributed by atoms with E-state index in [0.29, 0.717) is 4.88 Å². The monoisotopic (exact) mass is 317 g/mol. The standard InChI is InChI=1S/C15H19N5OS/c1-19(2)6-7-20-9-11-4-3-5-13(12(11)10-20)17-15(21)14-8-16-18-22-14/h3-5,8H,6-7,9-10H2,1-2H3,(H,17,21). The normalized spacial score (nSPS) is 14.3. The summed E-state index contributed by atoms with van der Waals surface area (Å²) >= 11 is 1.11. The van der Waals surface area contributed by atoms with Crippen molar-refractivity contribution in [3.63, 3.8) is 0 Å². The number of hydrogen-bond acceptors (Lipinski definition) is 6. The number of rotatable bonds is 5. The lowest BCUT2D eigenvalue weighted by atomic mass is 10.1. The van der Waals surface area contributed by atoms with Crippen LogP contribution in [0.1, 0.15) is 20.8 Å². The molecule has 1 aromatic carbocycles. The summed E-state index contributed by atoms with van der Waals surface area (Å²) in [6.45, 7) is 3.87. The highest BCUT2D eigenvalue weighted by molar-refractivity contribution is 7.07. The summed E-state index contributed by atoms with van der Waals surface area (Å²) in [5.41, 5.74) is 3.40. The van der Waals surface area contributed by atoms with Crippen LogP contribution in [0.4, 0.5) is 5.69 Å². The van der Waals surface area contributed by atoms with Gasteiger partial charge in [-0.1, -0.05) is 16.6 Å². The molecule has 2 aromatic rings. The largest absolute Gasteiger partial charge is 0.321 e. The summed E-state index contributed by atoms with van der Waals surface area (Å²) < 4.78 is 3.73. The minimum Gasteiger partial charge on any atom is -0.321 e. The van der Waals surface area contributed by atoms with E-state index in [0.717, 1.165) is 43.4 Å². The molecule has 0 fully saturated rings. The van der Waals surface area contributed by atoms with Gasteiger partial charge in [0.2, 0.25) is 0 Å². The van der Waals surface area contributed by atoms with Crippen LogP contribution in [0.15, 0.2) is 24.4 Å². The molecule has 3 rings (SSSR count). The van der Waals surface area contributed by atoms with Gasteiger partial charge >= 0.3 is 0 Å². The van der Waals surface area contributed by atoms with E-state index in [2.05, 4.69) is 44.9 Å². The van der Waals surface area contributed by atoms with Crippen LogP contribution >= 0.6 is 11.5 Å². The number of fused-ring (bicyclic) bond motifs is 1. The highest BCUT2D eigenvalue weighted by Gasteiger charge is 2.22. The number of benzene rings is 1. The van der Waals surface area contributed by atoms with E-state index in [1.165, 1.54) is 17.3 Å². The first kappa shape index (κ1) is 15.1. The summed E-state index contributed by atoms with van der Waals surface area (Å²) in [4.78, 5) is 17.3. The number of nitrogens with one attached hydrogen (secondary N) is 1. The molecule has 0 atom stereocenters. The number of amides is 1. The molecule has 6 nitrogen and oxygen atoms in total. The fourth-order valence-electron chi connectivity index (χ4n) is 2.56. The topological polar surface area (TPSA) is 61.4 Å². The molecule has 1 aromatic heterocycles. The van der Waals surface area contributed by atoms with Gasteiger partial charge in [-0.3, -0.25) is 9.69 Å². The molecule has 22 heavy (non-hydrogen) atoms. The Balaban J connectivity index is 1.71. The first-order valence-electron chi connectivity index (χ1n) is 7.20. The number of aromatic nitrogens is 2. The van der Waals surface area contributed by atoms with Gasteiger partial charge in [-0.25, -0.2) is 0 Å². The molecule has 0 saturated carbocycles. The van der Waals surface area contributed by atoms with Crippen LogP contribution < -0.4 is 5.32 Å². The molecule has 116 valence electrons. The first-order chi connectivity index (χ1) is 10.6. The first-order valence-corrected chi connectivity index (χ1v) is 7.97. The van der Waals surface area contributed by atoms with Crippen molar-refractivity contribution < 1.29 is 4.79 Å². The van der Waals surface area contributed by atoms with Gasteiger partial charge in [-0.15, -0.1) is 5.10 Å². The molecule has 0 aliphatic carbocycles. The van der Waals surface area contributed by atoms with Crippen molar-refractivity contribution in [1.82, 2.24) is 19.4 Å². The summed E-state index contributed by atoms with van der Waals surface area (Å²) in [6, 6.07) is 6.09. The fourth-order valence-corrected chi connectivity index (χ4v) is 2.97. The Kier molecular flexibility index (Phi) is 4.47. The van der Waals surface area contributed by atoms with Gasteiger partial charge in [-0.05, 0) is 42.8 Å². The molecule has 0 unspecified atom stereocenters. The SMILES string of the molecule is CN(C)CCN1Cc2cccc(NC(=O)c3cnns3)c2C1. The van der Waals surface area contributed by atoms with Crippen molar-refractivity contribution in [2.75, 3.05) is 32.5 Å². The van der Waals surface area contributed by atoms with Crippen LogP contribution in [0.3, 0.4) is 0 Å². The maximum atomic E-state index is 12.2. The summed E-state index contributed by atoms with van der Waals surface area (Å²) in [7, 11) is 4.16. The molecule has 0 bridgehead atoms. The van der Waals surface area contributed by atoms with Gasteiger partial charge in [-0.2, -0.15) is 0 Å². The van der Waals surface area contributed by atoms with Gasteiger partial charge < -0.3 is 10.2 Å². The minimum atomic E-state index is -0.143. The Morgan fingerprint density at radius 3 is 3.00 bits per heavy atom. The van der Waals surface area contributed by atoms with E-state index in [1.807, 2.05) is 12.1 Å². The van der Waals surface area contributed by atoms with Crippen LogP contribution in [0, 0.1) is 0 Å². The highest BCUT2D eigenvalue weighted by Crippen LogP contribution is 2.29. The lowest BCUT2D eigenvalue weighted by molar-refractivity contribution is 0.103. The zero-order chi connectivity index (χ0) is 15.5. The molecule has 1 amide bonds. The van der Waals surface area contributed by atoms with E-state index in [9.17, 15) is 4.79 Å². The molecule has 1 aliphatic heterocycles. The van der Waals surface area contributed by atoms with Gasteiger partial charge in [0, 0.05) is 31.9 Å². The lowest BCUT2D eigenvalue weighted by Crippen LogP contribution is -2.27. The number of carbonyl (C=O) groups excluding carboxylic acids is 1. The van der Waals surface area contributed by atoms with Crippen molar-refractivity contribution in [2.24, 2.45) is 0 Å². The average molecular weight is 317 g/mol. The molecule has 1 aliphatic rings. The van der Waals surface area contributed by atoms with Gasteiger partial charge in [0.1, 0.15) is 4.88 Å². The van der Waals surface area contributed by atoms with Crippen LogP contribution in [0.25, 0.3) is 0 Å². The van der Waals surface area contributed by atoms with Crippen molar-refractivity contribution in [3.05, 3.63) is 40.4 Å². The molecule has 7 heteroatoms. The van der Waals surface area contributed by atoms with Crippen molar-refractivity contribution >= 4 is 23.1 Å². The number of hydrogen-bond donors (Lipinski definition) is 1. The Bertz CT molecular complexity index is 656. The summed E-state index contributed by atoms with van der Waals surface area (Å²) in [6.07, 6.45) is 1.49. The maximum absolute atomic E-state index is 12.2. The summed E-state index contributed by atoms with van der Waals surface area (Å²) in [5.74, 6) is -0.143. The number of nitrogens with zero attached hydrogens (tertiary/aromatic N) is 4. The second-order valence-electron chi connectivity index (χ2n) is 5.69. The number of likely N-dealkylation sites (N-methyl/N-ethyl adjacent to an activating group) is 1. The van der Waals surface area contributed by atoms with Crippen molar-refractivity contribution in [2.45, 2.75) is 13.1 Å². The highest BCUT2D eigenvalue weighted by atomic mass is 32.1. The van der Waals surface area contributed by atoms with Crippen LogP contribution in [-0.4, -0.2) is 52.5 Å². The van der Waals surface area contributed by atoms with Crippen LogP contribution in [0.5, 0.6) is 0 Å². The fraction of sp³-hybridized carbons (Fsp3) is 0.400. The number of anilines is 1. The second kappa shape index (κ2) is 6.51. The molecular weight excluding hydrogens is 298 g/mol. The quantitative estimate of drug-likeness (QED) is 0.909. The van der Waals surface area contributed by atoms with Gasteiger partial charge in [0.05, 0.1) is 6.20 Å². The number of carbonyl (C=O) groups is 1. The van der Waals surface area contributed by atoms with Crippen LogP contribution in [0.2, 0.25) is 0 Å². The Labute approximate surface area is 133 Å². The smallest absolute Gasteiger partial charge is 0.269 e. The summed E-state index contributed by atoms with van der Waals surface area (Å²) in [5, 5.41) is 6.69. The van der Waals surface area contributed by atoms with Crippen molar-refractivity contribution in [1.29, 1.82) is 0 Å². The zero-order valence-electron chi connectivity index (χ0n) is 12.7. The predicted molar refractivity (Wildman–Crippen MR) is 87.0 cm³/mol. The molecule has 0 radical (unpaired) electrons. The van der Waals surface area contributed by atoms with Gasteiger partial charge in [0.15, 0.2) is 0 Å². The Hall–Kier alpha value is -1.83. The van der Waals surface area contributed by atoms with E-state index < -0.39 is 0 Å². The third kappa shape index (κ3) is 3.32. The van der Waals surface area contributed by atoms with E-state index >= 15 is 0 Å². The van der Waals surface area contributed by atoms with E-state index in [1.54, 1.807) is 0 Å². The van der Waals surface area contributed by atoms with Gasteiger partial charge in [0.25, 0.3) is 5.91 Å². The average Bonchev–Trinajstić information content (AvgIpc) is 3.14. The van der Waals surface area contributed by atoms with Crippen molar-refractivity contribution in [3.8, 4) is 0 Å². The molecule has 0 saturated heterocycles. The molecule has 0 spiro atoms. The van der Waals surface area contributed by atoms with E-state index in [4.69, 9.17) is 0 Å². The Morgan fingerprint density at radius 2 is 2.27 bits per heavy atom. The van der Waals surface area contributed by atoms with E-state index in [-0.39, 0.29) is 5.91 Å². The molecular formula is C15H19N5OS.